The van der Waals surface area contributed by atoms with Crippen LogP contribution in [-0.2, 0) is 21.0 Å². The third-order valence-electron chi connectivity index (χ3n) is 6.03. The van der Waals surface area contributed by atoms with E-state index in [1.54, 1.807) is 15.9 Å². The van der Waals surface area contributed by atoms with Crippen LogP contribution >= 0.6 is 35.0 Å². The highest BCUT2D eigenvalue weighted by atomic mass is 35.5. The van der Waals surface area contributed by atoms with Crippen LogP contribution in [0.15, 0.2) is 66.7 Å². The number of rotatable bonds is 3. The van der Waals surface area contributed by atoms with Crippen molar-refractivity contribution < 1.29 is 9.59 Å². The summed E-state index contributed by atoms with van der Waals surface area (Å²) in [6, 6.07) is 20.7. The number of carbonyl (C=O) groups excluding carboxylic acids is 2. The molecule has 1 spiro atoms. The van der Waals surface area contributed by atoms with Gasteiger partial charge in [-0.05, 0) is 49.2 Å². The first-order valence-corrected chi connectivity index (χ1v) is 11.9. The summed E-state index contributed by atoms with van der Waals surface area (Å²) in [4.78, 5) is 29.7. The van der Waals surface area contributed by atoms with Crippen molar-refractivity contribution in [3.8, 4) is 0 Å². The van der Waals surface area contributed by atoms with Gasteiger partial charge in [0.25, 0.3) is 5.91 Å². The lowest BCUT2D eigenvalue weighted by molar-refractivity contribution is -0.124. The molecule has 7 heteroatoms. The molecule has 2 amide bonds. The summed E-state index contributed by atoms with van der Waals surface area (Å²) < 4.78 is 0. The van der Waals surface area contributed by atoms with Crippen LogP contribution in [0.3, 0.4) is 0 Å². The van der Waals surface area contributed by atoms with E-state index in [1.165, 1.54) is 11.8 Å². The molecule has 0 radical (unpaired) electrons. The minimum atomic E-state index is -1.19. The number of fused-ring (bicyclic) bond motifs is 2. The van der Waals surface area contributed by atoms with Crippen LogP contribution in [0.4, 0.5) is 11.4 Å². The molecular formula is C25H20Cl2N2O2S. The van der Waals surface area contributed by atoms with Crippen molar-refractivity contribution in [3.05, 3.63) is 93.5 Å². The van der Waals surface area contributed by atoms with Crippen molar-refractivity contribution in [2.24, 2.45) is 0 Å². The molecule has 3 aromatic carbocycles. The molecule has 0 aliphatic carbocycles. The Hall–Kier alpha value is -2.47. The number of amides is 2. The molecule has 1 saturated heterocycles. The summed E-state index contributed by atoms with van der Waals surface area (Å²) in [5.41, 5.74) is 3.97. The van der Waals surface area contributed by atoms with E-state index in [0.717, 1.165) is 22.4 Å². The smallest absolute Gasteiger partial charge is 0.269 e. The predicted molar refractivity (Wildman–Crippen MR) is 131 cm³/mol. The lowest BCUT2D eigenvalue weighted by Gasteiger charge is -2.33. The van der Waals surface area contributed by atoms with Crippen molar-refractivity contribution in [2.45, 2.75) is 30.5 Å². The van der Waals surface area contributed by atoms with Gasteiger partial charge in [0.05, 0.1) is 17.5 Å². The van der Waals surface area contributed by atoms with Gasteiger partial charge in [0.1, 0.15) is 0 Å². The summed E-state index contributed by atoms with van der Waals surface area (Å²) in [6.07, 6.45) is 0. The average Bonchev–Trinajstić information content (AvgIpc) is 3.18. The van der Waals surface area contributed by atoms with E-state index in [1.807, 2.05) is 74.5 Å². The van der Waals surface area contributed by atoms with Crippen LogP contribution in [0, 0.1) is 6.92 Å². The van der Waals surface area contributed by atoms with Crippen LogP contribution in [0.2, 0.25) is 10.0 Å². The minimum Gasteiger partial charge on any atom is -0.304 e. The molecule has 0 N–H and O–H groups in total. The van der Waals surface area contributed by atoms with Gasteiger partial charge in [-0.1, -0.05) is 65.7 Å². The first-order chi connectivity index (χ1) is 15.3. The number of benzene rings is 3. The zero-order valence-electron chi connectivity index (χ0n) is 17.5. The SMILES string of the molecule is Cc1ccc(N2C(=O)C(C)SC23C(=O)N(Cc2ccccc2Cl)c2ccccc23)cc1Cl. The van der Waals surface area contributed by atoms with Crippen molar-refractivity contribution >= 4 is 58.2 Å². The maximum Gasteiger partial charge on any atom is 0.269 e. The Balaban J connectivity index is 1.68. The molecule has 1 fully saturated rings. The van der Waals surface area contributed by atoms with Gasteiger partial charge in [-0.25, -0.2) is 0 Å². The summed E-state index contributed by atoms with van der Waals surface area (Å²) in [7, 11) is 0. The molecule has 2 unspecified atom stereocenters. The van der Waals surface area contributed by atoms with E-state index in [-0.39, 0.29) is 17.1 Å². The Morgan fingerprint density at radius 2 is 1.69 bits per heavy atom. The number of hydrogen-bond donors (Lipinski definition) is 0. The van der Waals surface area contributed by atoms with E-state index in [0.29, 0.717) is 22.3 Å². The largest absolute Gasteiger partial charge is 0.304 e. The van der Waals surface area contributed by atoms with Crippen molar-refractivity contribution in [1.82, 2.24) is 0 Å². The number of hydrogen-bond acceptors (Lipinski definition) is 3. The lowest BCUT2D eigenvalue weighted by atomic mass is 10.0. The summed E-state index contributed by atoms with van der Waals surface area (Å²) >= 11 is 14.2. The molecule has 2 aliphatic rings. The van der Waals surface area contributed by atoms with E-state index < -0.39 is 4.87 Å². The molecule has 0 bridgehead atoms. The van der Waals surface area contributed by atoms with Gasteiger partial charge >= 0.3 is 0 Å². The number of nitrogens with zero attached hydrogens (tertiary/aromatic N) is 2. The fraction of sp³-hybridized carbons (Fsp3) is 0.200. The molecular weight excluding hydrogens is 463 g/mol. The fourth-order valence-corrected chi connectivity index (χ4v) is 6.31. The zero-order chi connectivity index (χ0) is 22.6. The Morgan fingerprint density at radius 1 is 0.969 bits per heavy atom. The summed E-state index contributed by atoms with van der Waals surface area (Å²) in [5, 5.41) is 0.776. The zero-order valence-corrected chi connectivity index (χ0v) is 19.8. The fourth-order valence-electron chi connectivity index (χ4n) is 4.41. The van der Waals surface area contributed by atoms with Gasteiger partial charge in [0.15, 0.2) is 0 Å². The highest BCUT2D eigenvalue weighted by Crippen LogP contribution is 2.58. The first-order valence-electron chi connectivity index (χ1n) is 10.3. The normalized spacial score (nSPS) is 22.2. The van der Waals surface area contributed by atoms with Gasteiger partial charge < -0.3 is 4.90 Å². The van der Waals surface area contributed by atoms with Crippen LogP contribution in [0.25, 0.3) is 0 Å². The molecule has 2 aliphatic heterocycles. The molecule has 2 heterocycles. The Morgan fingerprint density at radius 3 is 2.44 bits per heavy atom. The topological polar surface area (TPSA) is 40.6 Å². The second-order valence-electron chi connectivity index (χ2n) is 8.01. The van der Waals surface area contributed by atoms with Crippen LogP contribution < -0.4 is 9.80 Å². The maximum absolute atomic E-state index is 14.2. The monoisotopic (exact) mass is 482 g/mol. The second kappa shape index (κ2) is 7.84. The van der Waals surface area contributed by atoms with Crippen molar-refractivity contribution in [1.29, 1.82) is 0 Å². The molecule has 0 saturated carbocycles. The molecule has 4 nitrogen and oxygen atoms in total. The number of carbonyl (C=O) groups is 2. The Bertz CT molecular complexity index is 1260. The Kier molecular flexibility index (Phi) is 5.24. The van der Waals surface area contributed by atoms with Gasteiger partial charge in [0, 0.05) is 21.3 Å². The summed E-state index contributed by atoms with van der Waals surface area (Å²) in [6.45, 7) is 4.08. The van der Waals surface area contributed by atoms with Crippen LogP contribution in [-0.4, -0.2) is 17.1 Å². The van der Waals surface area contributed by atoms with E-state index in [2.05, 4.69) is 0 Å². The highest BCUT2D eigenvalue weighted by Gasteiger charge is 2.63. The second-order valence-corrected chi connectivity index (χ2v) is 10.4. The number of thioether (sulfide) groups is 1. The quantitative estimate of drug-likeness (QED) is 0.448. The number of para-hydroxylation sites is 1. The van der Waals surface area contributed by atoms with E-state index in [4.69, 9.17) is 23.2 Å². The standard InChI is InChI=1S/C25H20Cl2N2O2S/c1-15-11-12-18(13-21(15)27)29-23(30)16(2)32-25(29)19-8-4-6-10-22(19)28(24(25)31)14-17-7-3-5-9-20(17)26/h3-13,16H,14H2,1-2H3. The maximum atomic E-state index is 14.2. The molecule has 5 rings (SSSR count). The van der Waals surface area contributed by atoms with Gasteiger partial charge in [-0.2, -0.15) is 0 Å². The highest BCUT2D eigenvalue weighted by molar-refractivity contribution is 8.03. The third-order valence-corrected chi connectivity index (χ3v) is 8.27. The van der Waals surface area contributed by atoms with E-state index in [9.17, 15) is 9.59 Å². The van der Waals surface area contributed by atoms with Crippen molar-refractivity contribution in [2.75, 3.05) is 9.80 Å². The van der Waals surface area contributed by atoms with Gasteiger partial charge in [-0.15, -0.1) is 11.8 Å². The summed E-state index contributed by atoms with van der Waals surface area (Å²) in [5.74, 6) is -0.268. The lowest BCUT2D eigenvalue weighted by Crippen LogP contribution is -2.49. The molecule has 3 aromatic rings. The molecule has 32 heavy (non-hydrogen) atoms. The molecule has 162 valence electrons. The first kappa shape index (κ1) is 21.4. The van der Waals surface area contributed by atoms with E-state index >= 15 is 0 Å². The Labute approximate surface area is 201 Å². The number of anilines is 2. The third kappa shape index (κ3) is 3.06. The van der Waals surface area contributed by atoms with Crippen LogP contribution in [0.5, 0.6) is 0 Å². The van der Waals surface area contributed by atoms with Crippen LogP contribution in [0.1, 0.15) is 23.6 Å². The van der Waals surface area contributed by atoms with Gasteiger partial charge in [0.2, 0.25) is 10.8 Å². The predicted octanol–water partition coefficient (Wildman–Crippen LogP) is 6.17. The minimum absolute atomic E-state index is 0.113. The number of aryl methyl sites for hydroxylation is 1. The van der Waals surface area contributed by atoms with Crippen molar-refractivity contribution in [3.63, 3.8) is 0 Å². The number of halogens is 2. The van der Waals surface area contributed by atoms with Gasteiger partial charge in [-0.3, -0.25) is 14.5 Å². The molecule has 2 atom stereocenters. The molecule has 0 aromatic heterocycles. The average molecular weight is 483 g/mol.